The minimum Gasteiger partial charge on any atom is -0.326 e. The zero-order chi connectivity index (χ0) is 12.3. The molecule has 0 fully saturated rings. The van der Waals surface area contributed by atoms with Gasteiger partial charge in [-0.1, -0.05) is 0 Å². The van der Waals surface area contributed by atoms with Gasteiger partial charge in [-0.2, -0.15) is 34.8 Å². The molecule has 0 aliphatic carbocycles. The molecule has 0 aromatic heterocycles. The molecular weight excluding hydrogens is 258 g/mol. The Morgan fingerprint density at radius 1 is 1.13 bits per heavy atom. The van der Waals surface area contributed by atoms with Gasteiger partial charge in [-0.05, 0) is 0 Å². The molecule has 11 heteroatoms. The summed E-state index contributed by atoms with van der Waals surface area (Å²) in [7, 11) is -5.49. The average Bonchev–Trinajstić information content (AvgIpc) is 1.99. The summed E-state index contributed by atoms with van der Waals surface area (Å²) in [4.78, 5) is 0. The molecule has 0 aromatic rings. The van der Waals surface area contributed by atoms with Gasteiger partial charge in [-0.25, -0.2) is 4.18 Å². The zero-order valence-electron chi connectivity index (χ0n) is 6.52. The lowest BCUT2D eigenvalue weighted by molar-refractivity contribution is -0.154. The number of hydrogen-bond donors (Lipinski definition) is 0. The molecule has 0 unspecified atom stereocenters. The molecule has 4 nitrogen and oxygen atoms in total. The standard InChI is InChI=1S/C4H2F6O4S/c5-2(6)3(7)14-15(11,12)13-1-4(8,9)10/h1H2. The number of hydrogen-bond acceptors (Lipinski definition) is 4. The van der Waals surface area contributed by atoms with E-state index in [4.69, 9.17) is 0 Å². The quantitative estimate of drug-likeness (QED) is 0.572. The van der Waals surface area contributed by atoms with Crippen LogP contribution in [0, 0.1) is 0 Å². The lowest BCUT2D eigenvalue weighted by atomic mass is 10.7. The summed E-state index contributed by atoms with van der Waals surface area (Å²) >= 11 is 0. The summed E-state index contributed by atoms with van der Waals surface area (Å²) in [6.45, 7) is -2.31. The van der Waals surface area contributed by atoms with E-state index < -0.39 is 35.3 Å². The second-order valence-electron chi connectivity index (χ2n) is 1.90. The first-order valence-corrected chi connectivity index (χ1v) is 4.23. The van der Waals surface area contributed by atoms with E-state index in [1.807, 2.05) is 0 Å². The Balaban J connectivity index is 4.41. The molecule has 0 rings (SSSR count). The second kappa shape index (κ2) is 4.70. The van der Waals surface area contributed by atoms with Gasteiger partial charge in [0.1, 0.15) is 0 Å². The van der Waals surface area contributed by atoms with Crippen LogP contribution >= 0.6 is 0 Å². The summed E-state index contributed by atoms with van der Waals surface area (Å²) in [6.07, 6.45) is -8.17. The van der Waals surface area contributed by atoms with Gasteiger partial charge in [-0.15, -0.1) is 0 Å². The van der Waals surface area contributed by atoms with E-state index in [9.17, 15) is 34.8 Å². The summed E-state index contributed by atoms with van der Waals surface area (Å²) in [6, 6.07) is -2.85. The van der Waals surface area contributed by atoms with Gasteiger partial charge < -0.3 is 4.18 Å². The monoisotopic (exact) mass is 260 g/mol. The van der Waals surface area contributed by atoms with Crippen LogP contribution in [0.1, 0.15) is 0 Å². The van der Waals surface area contributed by atoms with E-state index in [1.165, 1.54) is 0 Å². The summed E-state index contributed by atoms with van der Waals surface area (Å²) in [5.74, 6) is 0. The van der Waals surface area contributed by atoms with Crippen LogP contribution in [-0.4, -0.2) is 21.2 Å². The number of alkyl halides is 3. The SMILES string of the molecule is O=S(=O)(OCC(F)(F)F)OC(F)=C(F)F. The van der Waals surface area contributed by atoms with Gasteiger partial charge >= 0.3 is 28.7 Å². The highest BCUT2D eigenvalue weighted by Crippen LogP contribution is 2.19. The summed E-state index contributed by atoms with van der Waals surface area (Å²) in [5.41, 5.74) is 0. The van der Waals surface area contributed by atoms with Crippen molar-refractivity contribution in [3.63, 3.8) is 0 Å². The van der Waals surface area contributed by atoms with Crippen LogP contribution in [0.2, 0.25) is 0 Å². The van der Waals surface area contributed by atoms with Crippen molar-refractivity contribution in [3.05, 3.63) is 12.1 Å². The third kappa shape index (κ3) is 7.02. The van der Waals surface area contributed by atoms with Gasteiger partial charge in [0.15, 0.2) is 6.61 Å². The third-order valence-electron chi connectivity index (χ3n) is 0.691. The highest BCUT2D eigenvalue weighted by molar-refractivity contribution is 7.82. The maximum atomic E-state index is 11.8. The van der Waals surface area contributed by atoms with Crippen molar-refractivity contribution in [1.29, 1.82) is 0 Å². The molecular formula is C4H2F6O4S. The Bertz CT molecular complexity index is 339. The minimum atomic E-state index is -5.49. The first-order chi connectivity index (χ1) is 6.53. The minimum absolute atomic E-state index is 2.31. The van der Waals surface area contributed by atoms with Crippen LogP contribution in [-0.2, 0) is 18.8 Å². The van der Waals surface area contributed by atoms with Crippen LogP contribution in [0.4, 0.5) is 26.3 Å². The number of rotatable bonds is 4. The van der Waals surface area contributed by atoms with Crippen molar-refractivity contribution in [3.8, 4) is 0 Å². The fourth-order valence-electron chi connectivity index (χ4n) is 0.284. The van der Waals surface area contributed by atoms with Crippen molar-refractivity contribution >= 4 is 10.4 Å². The molecule has 0 saturated carbocycles. The van der Waals surface area contributed by atoms with E-state index in [0.717, 1.165) is 0 Å². The predicted molar refractivity (Wildman–Crippen MR) is 32.4 cm³/mol. The fraction of sp³-hybridized carbons (Fsp3) is 0.500. The average molecular weight is 260 g/mol. The molecule has 0 bridgehead atoms. The van der Waals surface area contributed by atoms with Crippen molar-refractivity contribution in [1.82, 2.24) is 0 Å². The molecule has 0 spiro atoms. The molecule has 0 aromatic carbocycles. The first-order valence-electron chi connectivity index (χ1n) is 2.90. The molecule has 0 heterocycles. The topological polar surface area (TPSA) is 52.6 Å². The normalized spacial score (nSPS) is 12.4. The highest BCUT2D eigenvalue weighted by Gasteiger charge is 2.32. The van der Waals surface area contributed by atoms with Crippen molar-refractivity contribution < 1.29 is 43.1 Å². The predicted octanol–water partition coefficient (Wildman–Crippen LogP) is 1.86. The van der Waals surface area contributed by atoms with E-state index >= 15 is 0 Å². The lowest BCUT2D eigenvalue weighted by Gasteiger charge is -2.06. The van der Waals surface area contributed by atoms with Crippen LogP contribution in [0.25, 0.3) is 0 Å². The molecule has 0 N–H and O–H groups in total. The zero-order valence-corrected chi connectivity index (χ0v) is 7.33. The molecule has 15 heavy (non-hydrogen) atoms. The molecule has 0 amide bonds. The second-order valence-corrected chi connectivity index (χ2v) is 3.12. The summed E-state index contributed by atoms with van der Waals surface area (Å²) < 4.78 is 94.8. The van der Waals surface area contributed by atoms with E-state index in [2.05, 4.69) is 8.37 Å². The van der Waals surface area contributed by atoms with E-state index in [-0.39, 0.29) is 0 Å². The Labute approximate surface area is 79.4 Å². The molecule has 0 radical (unpaired) electrons. The first kappa shape index (κ1) is 14.0. The Kier molecular flexibility index (Phi) is 4.40. The Morgan fingerprint density at radius 2 is 1.60 bits per heavy atom. The molecule has 0 aliphatic heterocycles. The van der Waals surface area contributed by atoms with E-state index in [1.54, 1.807) is 0 Å². The fourth-order valence-corrected chi connectivity index (χ4v) is 0.852. The van der Waals surface area contributed by atoms with Crippen LogP contribution in [0.3, 0.4) is 0 Å². The Hall–Kier alpha value is -0.970. The molecule has 0 saturated heterocycles. The van der Waals surface area contributed by atoms with Crippen molar-refractivity contribution in [2.24, 2.45) is 0 Å². The maximum absolute atomic E-state index is 11.8. The van der Waals surface area contributed by atoms with Gasteiger partial charge in [0.05, 0.1) is 0 Å². The van der Waals surface area contributed by atoms with Crippen LogP contribution in [0.15, 0.2) is 12.1 Å². The summed E-state index contributed by atoms with van der Waals surface area (Å²) in [5, 5.41) is 0. The number of halogens is 6. The van der Waals surface area contributed by atoms with Crippen molar-refractivity contribution in [2.45, 2.75) is 6.18 Å². The van der Waals surface area contributed by atoms with Crippen molar-refractivity contribution in [2.75, 3.05) is 6.61 Å². The van der Waals surface area contributed by atoms with E-state index in [0.29, 0.717) is 0 Å². The molecule has 0 atom stereocenters. The van der Waals surface area contributed by atoms with Gasteiger partial charge in [-0.3, -0.25) is 0 Å². The maximum Gasteiger partial charge on any atom is 0.451 e. The van der Waals surface area contributed by atoms with Crippen LogP contribution < -0.4 is 0 Å². The van der Waals surface area contributed by atoms with Gasteiger partial charge in [0.25, 0.3) is 0 Å². The molecule has 0 aliphatic rings. The third-order valence-corrected chi connectivity index (χ3v) is 1.45. The highest BCUT2D eigenvalue weighted by atomic mass is 32.3. The Morgan fingerprint density at radius 3 is 1.93 bits per heavy atom. The van der Waals surface area contributed by atoms with Gasteiger partial charge in [0, 0.05) is 0 Å². The largest absolute Gasteiger partial charge is 0.451 e. The van der Waals surface area contributed by atoms with Gasteiger partial charge in [0.2, 0.25) is 0 Å². The lowest BCUT2D eigenvalue weighted by Crippen LogP contribution is -2.21. The van der Waals surface area contributed by atoms with Crippen LogP contribution in [0.5, 0.6) is 0 Å². The smallest absolute Gasteiger partial charge is 0.326 e. The molecule has 90 valence electrons.